The molecule has 84 valence electrons. The zero-order chi connectivity index (χ0) is 11.0. The van der Waals surface area contributed by atoms with E-state index in [9.17, 15) is 0 Å². The standard InChI is InChI=1S/C13H17N3/c1-16-9-11(10-4-2-6-14-8-10)13-12(16)5-3-7-15-13/h3,5,7,9-10,14H,2,4,6,8H2,1H3. The van der Waals surface area contributed by atoms with Crippen LogP contribution in [0.5, 0.6) is 0 Å². The number of aromatic nitrogens is 2. The number of nitrogens with one attached hydrogen (secondary N) is 1. The van der Waals surface area contributed by atoms with Crippen LogP contribution in [-0.2, 0) is 7.05 Å². The van der Waals surface area contributed by atoms with E-state index in [-0.39, 0.29) is 0 Å². The molecule has 1 N–H and O–H groups in total. The number of hydrogen-bond acceptors (Lipinski definition) is 2. The van der Waals surface area contributed by atoms with Crippen molar-refractivity contribution >= 4 is 11.0 Å². The molecular formula is C13H17N3. The van der Waals surface area contributed by atoms with Crippen LogP contribution in [0.4, 0.5) is 0 Å². The van der Waals surface area contributed by atoms with Crippen LogP contribution in [-0.4, -0.2) is 22.6 Å². The molecule has 1 atom stereocenters. The highest BCUT2D eigenvalue weighted by Crippen LogP contribution is 2.29. The Balaban J connectivity index is 2.08. The van der Waals surface area contributed by atoms with Crippen LogP contribution in [0.1, 0.15) is 24.3 Å². The summed E-state index contributed by atoms with van der Waals surface area (Å²) < 4.78 is 2.19. The predicted octanol–water partition coefficient (Wildman–Crippen LogP) is 2.04. The largest absolute Gasteiger partial charge is 0.349 e. The van der Waals surface area contributed by atoms with Crippen LogP contribution >= 0.6 is 0 Å². The SMILES string of the molecule is Cn1cc(C2CCCNC2)c2ncccc21. The van der Waals surface area contributed by atoms with Crippen molar-refractivity contribution in [2.45, 2.75) is 18.8 Å². The van der Waals surface area contributed by atoms with Crippen LogP contribution in [0.15, 0.2) is 24.5 Å². The highest BCUT2D eigenvalue weighted by Gasteiger charge is 2.19. The minimum atomic E-state index is 0.632. The monoisotopic (exact) mass is 215 g/mol. The summed E-state index contributed by atoms with van der Waals surface area (Å²) in [5.41, 5.74) is 3.83. The maximum absolute atomic E-state index is 4.53. The van der Waals surface area contributed by atoms with E-state index in [1.54, 1.807) is 0 Å². The first kappa shape index (κ1) is 9.85. The fourth-order valence-corrected chi connectivity index (χ4v) is 2.66. The second-order valence-electron chi connectivity index (χ2n) is 4.61. The van der Waals surface area contributed by atoms with E-state index in [0.717, 1.165) is 13.1 Å². The van der Waals surface area contributed by atoms with E-state index in [0.29, 0.717) is 5.92 Å². The van der Waals surface area contributed by atoms with Crippen molar-refractivity contribution in [3.63, 3.8) is 0 Å². The highest BCUT2D eigenvalue weighted by atomic mass is 14.9. The van der Waals surface area contributed by atoms with Crippen molar-refractivity contribution in [3.05, 3.63) is 30.1 Å². The van der Waals surface area contributed by atoms with Gasteiger partial charge in [-0.2, -0.15) is 0 Å². The molecule has 0 spiro atoms. The molecule has 0 aromatic carbocycles. The van der Waals surface area contributed by atoms with Gasteiger partial charge in [-0.25, -0.2) is 0 Å². The molecular weight excluding hydrogens is 198 g/mol. The molecule has 3 nitrogen and oxygen atoms in total. The molecule has 1 aliphatic rings. The third-order valence-corrected chi connectivity index (χ3v) is 3.51. The Bertz CT molecular complexity index is 495. The van der Waals surface area contributed by atoms with Gasteiger partial charge < -0.3 is 9.88 Å². The summed E-state index contributed by atoms with van der Waals surface area (Å²) in [4.78, 5) is 4.53. The van der Waals surface area contributed by atoms with E-state index in [1.165, 1.54) is 29.4 Å². The fourth-order valence-electron chi connectivity index (χ4n) is 2.66. The molecule has 1 aliphatic heterocycles. The second-order valence-corrected chi connectivity index (χ2v) is 4.61. The molecule has 1 fully saturated rings. The van der Waals surface area contributed by atoms with E-state index >= 15 is 0 Å². The quantitative estimate of drug-likeness (QED) is 0.789. The summed E-state index contributed by atoms with van der Waals surface area (Å²) in [7, 11) is 2.10. The van der Waals surface area contributed by atoms with Crippen LogP contribution < -0.4 is 5.32 Å². The average Bonchev–Trinajstić information content (AvgIpc) is 2.69. The summed E-state index contributed by atoms with van der Waals surface area (Å²) in [5, 5.41) is 3.47. The van der Waals surface area contributed by atoms with Crippen LogP contribution in [0.2, 0.25) is 0 Å². The van der Waals surface area contributed by atoms with Crippen LogP contribution in [0.25, 0.3) is 11.0 Å². The van der Waals surface area contributed by atoms with Gasteiger partial charge in [0.05, 0.1) is 11.0 Å². The number of pyridine rings is 1. The normalized spacial score (nSPS) is 21.4. The number of hydrogen-bond donors (Lipinski definition) is 1. The predicted molar refractivity (Wildman–Crippen MR) is 65.6 cm³/mol. The summed E-state index contributed by atoms with van der Waals surface area (Å²) in [6.45, 7) is 2.25. The molecule has 0 amide bonds. The third kappa shape index (κ3) is 1.52. The molecule has 1 unspecified atom stereocenters. The molecule has 0 radical (unpaired) electrons. The van der Waals surface area contributed by atoms with Crippen molar-refractivity contribution in [2.24, 2.45) is 7.05 Å². The maximum Gasteiger partial charge on any atom is 0.0916 e. The Morgan fingerprint density at radius 3 is 3.25 bits per heavy atom. The van der Waals surface area contributed by atoms with Gasteiger partial charge in [-0.3, -0.25) is 4.98 Å². The zero-order valence-corrected chi connectivity index (χ0v) is 9.61. The first-order valence-electron chi connectivity index (χ1n) is 5.97. The van der Waals surface area contributed by atoms with Crippen molar-refractivity contribution in [2.75, 3.05) is 13.1 Å². The van der Waals surface area contributed by atoms with Crippen molar-refractivity contribution in [1.82, 2.24) is 14.9 Å². The summed E-state index contributed by atoms with van der Waals surface area (Å²) in [6, 6.07) is 4.15. The number of fused-ring (bicyclic) bond motifs is 1. The molecule has 1 saturated heterocycles. The van der Waals surface area contributed by atoms with Gasteiger partial charge in [0.2, 0.25) is 0 Å². The van der Waals surface area contributed by atoms with Crippen molar-refractivity contribution in [3.8, 4) is 0 Å². The number of nitrogens with zero attached hydrogens (tertiary/aromatic N) is 2. The van der Waals surface area contributed by atoms with Gasteiger partial charge >= 0.3 is 0 Å². The maximum atomic E-state index is 4.53. The molecule has 3 rings (SSSR count). The smallest absolute Gasteiger partial charge is 0.0916 e. The Kier molecular flexibility index (Phi) is 2.40. The van der Waals surface area contributed by atoms with Gasteiger partial charge in [0.1, 0.15) is 0 Å². The number of piperidine rings is 1. The molecule has 16 heavy (non-hydrogen) atoms. The third-order valence-electron chi connectivity index (χ3n) is 3.51. The van der Waals surface area contributed by atoms with Crippen LogP contribution in [0, 0.1) is 0 Å². The molecule has 0 aliphatic carbocycles. The minimum absolute atomic E-state index is 0.632. The summed E-state index contributed by atoms with van der Waals surface area (Å²) >= 11 is 0. The molecule has 0 saturated carbocycles. The van der Waals surface area contributed by atoms with Gasteiger partial charge in [-0.15, -0.1) is 0 Å². The van der Waals surface area contributed by atoms with Gasteiger partial charge in [0.25, 0.3) is 0 Å². The molecule has 2 aromatic rings. The lowest BCUT2D eigenvalue weighted by molar-refractivity contribution is 0.462. The Morgan fingerprint density at radius 1 is 1.50 bits per heavy atom. The lowest BCUT2D eigenvalue weighted by Gasteiger charge is -2.21. The van der Waals surface area contributed by atoms with Gasteiger partial charge in [-0.1, -0.05) is 0 Å². The molecule has 3 heteroatoms. The van der Waals surface area contributed by atoms with E-state index in [1.807, 2.05) is 12.3 Å². The topological polar surface area (TPSA) is 29.9 Å². The van der Waals surface area contributed by atoms with Gasteiger partial charge in [0.15, 0.2) is 0 Å². The molecule has 2 aromatic heterocycles. The number of aryl methyl sites for hydroxylation is 1. The van der Waals surface area contributed by atoms with E-state index in [2.05, 4.69) is 34.2 Å². The first-order chi connectivity index (χ1) is 7.86. The minimum Gasteiger partial charge on any atom is -0.349 e. The van der Waals surface area contributed by atoms with Gasteiger partial charge in [0, 0.05) is 37.5 Å². The summed E-state index contributed by atoms with van der Waals surface area (Å²) in [6.07, 6.45) is 6.69. The zero-order valence-electron chi connectivity index (χ0n) is 9.61. The lowest BCUT2D eigenvalue weighted by atomic mass is 9.93. The highest BCUT2D eigenvalue weighted by molar-refractivity contribution is 5.80. The molecule has 3 heterocycles. The number of rotatable bonds is 1. The Morgan fingerprint density at radius 2 is 2.44 bits per heavy atom. The first-order valence-corrected chi connectivity index (χ1v) is 5.97. The van der Waals surface area contributed by atoms with Crippen molar-refractivity contribution < 1.29 is 0 Å². The second kappa shape index (κ2) is 3.91. The summed E-state index contributed by atoms with van der Waals surface area (Å²) in [5.74, 6) is 0.632. The Labute approximate surface area is 95.5 Å². The molecule has 0 bridgehead atoms. The Hall–Kier alpha value is -1.35. The van der Waals surface area contributed by atoms with Gasteiger partial charge in [-0.05, 0) is 31.5 Å². The van der Waals surface area contributed by atoms with E-state index in [4.69, 9.17) is 0 Å². The lowest BCUT2D eigenvalue weighted by Crippen LogP contribution is -2.28. The fraction of sp³-hybridized carbons (Fsp3) is 0.462. The van der Waals surface area contributed by atoms with Crippen molar-refractivity contribution in [1.29, 1.82) is 0 Å². The van der Waals surface area contributed by atoms with E-state index < -0.39 is 0 Å². The average molecular weight is 215 g/mol. The van der Waals surface area contributed by atoms with Crippen LogP contribution in [0.3, 0.4) is 0 Å².